The predicted molar refractivity (Wildman–Crippen MR) is 99.3 cm³/mol. The van der Waals surface area contributed by atoms with Crippen LogP contribution in [0.1, 0.15) is 25.8 Å². The number of nitrogens with zero attached hydrogens (tertiary/aromatic N) is 2. The quantitative estimate of drug-likeness (QED) is 0.782. The zero-order valence-corrected chi connectivity index (χ0v) is 16.0. The van der Waals surface area contributed by atoms with Gasteiger partial charge >= 0.3 is 0 Å². The summed E-state index contributed by atoms with van der Waals surface area (Å²) in [5.41, 5.74) is 6.86. The van der Waals surface area contributed by atoms with Gasteiger partial charge in [-0.05, 0) is 38.0 Å². The Labute approximate surface area is 155 Å². The highest BCUT2D eigenvalue weighted by Gasteiger charge is 2.39. The van der Waals surface area contributed by atoms with Crippen molar-refractivity contribution in [2.45, 2.75) is 38.8 Å². The third kappa shape index (κ3) is 4.27. The van der Waals surface area contributed by atoms with Crippen molar-refractivity contribution in [3.63, 3.8) is 0 Å². The van der Waals surface area contributed by atoms with Crippen molar-refractivity contribution in [2.75, 3.05) is 33.9 Å². The van der Waals surface area contributed by atoms with E-state index < -0.39 is 6.04 Å². The van der Waals surface area contributed by atoms with Crippen LogP contribution in [0.15, 0.2) is 18.2 Å². The van der Waals surface area contributed by atoms with Crippen LogP contribution in [0.5, 0.6) is 11.5 Å². The molecular formula is C19H29N3O4. The van der Waals surface area contributed by atoms with Gasteiger partial charge in [-0.1, -0.05) is 6.07 Å². The molecule has 0 spiro atoms. The molecule has 0 saturated carbocycles. The highest BCUT2D eigenvalue weighted by molar-refractivity contribution is 5.89. The molecule has 1 aromatic rings. The second-order valence-corrected chi connectivity index (χ2v) is 6.43. The number of benzene rings is 1. The van der Waals surface area contributed by atoms with E-state index in [9.17, 15) is 9.59 Å². The first-order valence-corrected chi connectivity index (χ1v) is 8.99. The first-order valence-electron chi connectivity index (χ1n) is 8.99. The third-order valence-corrected chi connectivity index (χ3v) is 4.82. The Morgan fingerprint density at radius 3 is 2.42 bits per heavy atom. The van der Waals surface area contributed by atoms with E-state index in [-0.39, 0.29) is 24.3 Å². The Morgan fingerprint density at radius 2 is 1.85 bits per heavy atom. The molecule has 0 aliphatic carbocycles. The number of carbonyl (C=O) groups is 2. The topological polar surface area (TPSA) is 85.1 Å². The zero-order chi connectivity index (χ0) is 19.3. The normalized spacial score (nSPS) is 19.3. The van der Waals surface area contributed by atoms with Gasteiger partial charge in [0.2, 0.25) is 11.8 Å². The van der Waals surface area contributed by atoms with Gasteiger partial charge in [-0.15, -0.1) is 0 Å². The van der Waals surface area contributed by atoms with E-state index in [1.807, 2.05) is 19.9 Å². The Morgan fingerprint density at radius 1 is 1.19 bits per heavy atom. The molecule has 1 aliphatic rings. The molecule has 2 N–H and O–H groups in total. The lowest BCUT2D eigenvalue weighted by molar-refractivity contribution is -0.143. The standard InChI is InChI=1S/C19H29N3O4/c1-5-21(6-2)19(24)15-11-14(20)12-22(15)18(23)10-13-7-8-16(25-3)17(9-13)26-4/h7-9,14-15H,5-6,10-12,20H2,1-4H3/t14-,15-/m0/s1. The summed E-state index contributed by atoms with van der Waals surface area (Å²) in [6.45, 7) is 5.53. The summed E-state index contributed by atoms with van der Waals surface area (Å²) in [6, 6.07) is 4.74. The lowest BCUT2D eigenvalue weighted by Crippen LogP contribution is -2.48. The van der Waals surface area contributed by atoms with Crippen LogP contribution in [0.25, 0.3) is 0 Å². The van der Waals surface area contributed by atoms with Gasteiger partial charge in [0, 0.05) is 25.7 Å². The summed E-state index contributed by atoms with van der Waals surface area (Å²) in [5, 5.41) is 0. The molecule has 26 heavy (non-hydrogen) atoms. The fourth-order valence-corrected chi connectivity index (χ4v) is 3.39. The van der Waals surface area contributed by atoms with Crippen molar-refractivity contribution in [3.8, 4) is 11.5 Å². The molecule has 0 radical (unpaired) electrons. The van der Waals surface area contributed by atoms with Crippen LogP contribution in [0, 0.1) is 0 Å². The second kappa shape index (κ2) is 8.89. The van der Waals surface area contributed by atoms with E-state index >= 15 is 0 Å². The molecular weight excluding hydrogens is 334 g/mol. The van der Waals surface area contributed by atoms with Crippen LogP contribution < -0.4 is 15.2 Å². The molecule has 0 bridgehead atoms. The highest BCUT2D eigenvalue weighted by atomic mass is 16.5. The second-order valence-electron chi connectivity index (χ2n) is 6.43. The number of nitrogens with two attached hydrogens (primary N) is 1. The molecule has 2 atom stereocenters. The summed E-state index contributed by atoms with van der Waals surface area (Å²) in [7, 11) is 3.12. The third-order valence-electron chi connectivity index (χ3n) is 4.82. The summed E-state index contributed by atoms with van der Waals surface area (Å²) >= 11 is 0. The van der Waals surface area contributed by atoms with Crippen molar-refractivity contribution in [1.29, 1.82) is 0 Å². The van der Waals surface area contributed by atoms with E-state index in [2.05, 4.69) is 0 Å². The Hall–Kier alpha value is -2.28. The molecule has 1 aromatic carbocycles. The molecule has 0 aromatic heterocycles. The number of methoxy groups -OCH3 is 2. The minimum absolute atomic E-state index is 0.0244. The van der Waals surface area contributed by atoms with Crippen LogP contribution in [0.3, 0.4) is 0 Å². The van der Waals surface area contributed by atoms with E-state index in [4.69, 9.17) is 15.2 Å². The smallest absolute Gasteiger partial charge is 0.245 e. The monoisotopic (exact) mass is 363 g/mol. The van der Waals surface area contributed by atoms with Crippen molar-refractivity contribution < 1.29 is 19.1 Å². The molecule has 2 rings (SSSR count). The van der Waals surface area contributed by atoms with Crippen LogP contribution in [-0.2, 0) is 16.0 Å². The van der Waals surface area contributed by atoms with Crippen molar-refractivity contribution in [3.05, 3.63) is 23.8 Å². The van der Waals surface area contributed by atoms with Gasteiger partial charge in [-0.25, -0.2) is 0 Å². The summed E-state index contributed by atoms with van der Waals surface area (Å²) in [5.74, 6) is 1.06. The maximum absolute atomic E-state index is 12.9. The Kier molecular flexibility index (Phi) is 6.85. The average molecular weight is 363 g/mol. The summed E-state index contributed by atoms with van der Waals surface area (Å²) in [4.78, 5) is 29.0. The fraction of sp³-hybridized carbons (Fsp3) is 0.579. The molecule has 2 amide bonds. The molecule has 1 fully saturated rings. The largest absolute Gasteiger partial charge is 0.493 e. The van der Waals surface area contributed by atoms with Crippen molar-refractivity contribution in [2.24, 2.45) is 5.73 Å². The van der Waals surface area contributed by atoms with Gasteiger partial charge in [0.15, 0.2) is 11.5 Å². The van der Waals surface area contributed by atoms with Gasteiger partial charge in [0.25, 0.3) is 0 Å². The van der Waals surface area contributed by atoms with Crippen LogP contribution >= 0.6 is 0 Å². The van der Waals surface area contributed by atoms with E-state index in [0.29, 0.717) is 37.6 Å². The van der Waals surface area contributed by atoms with E-state index in [1.54, 1.807) is 36.2 Å². The zero-order valence-electron chi connectivity index (χ0n) is 16.0. The molecule has 7 nitrogen and oxygen atoms in total. The maximum Gasteiger partial charge on any atom is 0.245 e. The lowest BCUT2D eigenvalue weighted by Gasteiger charge is -2.29. The SMILES string of the molecule is CCN(CC)C(=O)[C@@H]1C[C@H](N)CN1C(=O)Cc1ccc(OC)c(OC)c1. The number of likely N-dealkylation sites (tertiary alicyclic amines) is 1. The number of ether oxygens (including phenoxy) is 2. The van der Waals surface area contributed by atoms with Gasteiger partial charge < -0.3 is 25.0 Å². The van der Waals surface area contributed by atoms with E-state index in [1.165, 1.54) is 0 Å². The minimum Gasteiger partial charge on any atom is -0.493 e. The first-order chi connectivity index (χ1) is 12.4. The molecule has 144 valence electrons. The van der Waals surface area contributed by atoms with E-state index in [0.717, 1.165) is 5.56 Å². The highest BCUT2D eigenvalue weighted by Crippen LogP contribution is 2.28. The van der Waals surface area contributed by atoms with Crippen LogP contribution in [0.2, 0.25) is 0 Å². The Balaban J connectivity index is 2.15. The number of carbonyl (C=O) groups excluding carboxylic acids is 2. The first kappa shape index (κ1) is 20.0. The number of hydrogen-bond acceptors (Lipinski definition) is 5. The number of hydrogen-bond donors (Lipinski definition) is 1. The maximum atomic E-state index is 12.9. The van der Waals surface area contributed by atoms with Gasteiger partial charge in [-0.3, -0.25) is 9.59 Å². The number of rotatable bonds is 7. The van der Waals surface area contributed by atoms with Crippen LogP contribution in [0.4, 0.5) is 0 Å². The Bertz CT molecular complexity index is 646. The van der Waals surface area contributed by atoms with Crippen molar-refractivity contribution in [1.82, 2.24) is 9.80 Å². The van der Waals surface area contributed by atoms with Crippen molar-refractivity contribution >= 4 is 11.8 Å². The number of likely N-dealkylation sites (N-methyl/N-ethyl adjacent to an activating group) is 1. The van der Waals surface area contributed by atoms with Gasteiger partial charge in [0.1, 0.15) is 6.04 Å². The summed E-state index contributed by atoms with van der Waals surface area (Å²) < 4.78 is 10.5. The summed E-state index contributed by atoms with van der Waals surface area (Å²) in [6.07, 6.45) is 0.697. The molecule has 7 heteroatoms. The van der Waals surface area contributed by atoms with Gasteiger partial charge in [0.05, 0.1) is 20.6 Å². The molecule has 1 aliphatic heterocycles. The molecule has 1 saturated heterocycles. The van der Waals surface area contributed by atoms with Gasteiger partial charge in [-0.2, -0.15) is 0 Å². The average Bonchev–Trinajstić information content (AvgIpc) is 3.04. The molecule has 1 heterocycles. The van der Waals surface area contributed by atoms with Crippen LogP contribution in [-0.4, -0.2) is 67.6 Å². The predicted octanol–water partition coefficient (Wildman–Crippen LogP) is 1.04. The lowest BCUT2D eigenvalue weighted by atomic mass is 10.1. The molecule has 0 unspecified atom stereocenters. The fourth-order valence-electron chi connectivity index (χ4n) is 3.39. The minimum atomic E-state index is -0.474. The number of amides is 2.